The summed E-state index contributed by atoms with van der Waals surface area (Å²) in [5, 5.41) is 19.1. The number of phenols is 1. The standard InChI is InChI=1S/C15H16O2/c16-11-10-13(12-6-2-1-3-7-12)14-8-4-5-9-15(14)17/h1-9,13,16-17H,10-11H2. The van der Waals surface area contributed by atoms with Crippen molar-refractivity contribution >= 4 is 0 Å². The minimum Gasteiger partial charge on any atom is -0.508 e. The summed E-state index contributed by atoms with van der Waals surface area (Å²) in [5.74, 6) is 0.331. The normalized spacial score (nSPS) is 12.3. The van der Waals surface area contributed by atoms with Crippen LogP contribution in [0, 0.1) is 0 Å². The summed E-state index contributed by atoms with van der Waals surface area (Å²) in [6.07, 6.45) is 0.613. The third-order valence-electron chi connectivity index (χ3n) is 2.93. The molecule has 2 N–H and O–H groups in total. The molecule has 0 aliphatic heterocycles. The number of rotatable bonds is 4. The van der Waals surface area contributed by atoms with Crippen molar-refractivity contribution in [3.05, 3.63) is 65.7 Å². The van der Waals surface area contributed by atoms with Gasteiger partial charge in [-0.05, 0) is 18.1 Å². The molecule has 88 valence electrons. The topological polar surface area (TPSA) is 40.5 Å². The van der Waals surface area contributed by atoms with Crippen molar-refractivity contribution in [2.24, 2.45) is 0 Å². The molecule has 0 aromatic heterocycles. The van der Waals surface area contributed by atoms with E-state index in [1.54, 1.807) is 12.1 Å². The first kappa shape index (κ1) is 11.7. The smallest absolute Gasteiger partial charge is 0.119 e. The molecule has 0 heterocycles. The summed E-state index contributed by atoms with van der Waals surface area (Å²) in [4.78, 5) is 0. The summed E-state index contributed by atoms with van der Waals surface area (Å²) in [7, 11) is 0. The van der Waals surface area contributed by atoms with E-state index in [2.05, 4.69) is 0 Å². The van der Waals surface area contributed by atoms with Crippen LogP contribution in [0.2, 0.25) is 0 Å². The Hall–Kier alpha value is -1.80. The average Bonchev–Trinajstić information content (AvgIpc) is 2.38. The SMILES string of the molecule is OCCC(c1ccccc1)c1ccccc1O. The van der Waals surface area contributed by atoms with Gasteiger partial charge in [0.2, 0.25) is 0 Å². The molecule has 2 rings (SSSR count). The van der Waals surface area contributed by atoms with Crippen LogP contribution < -0.4 is 0 Å². The van der Waals surface area contributed by atoms with Crippen LogP contribution in [0.4, 0.5) is 0 Å². The Morgan fingerprint density at radius 3 is 2.18 bits per heavy atom. The number of benzene rings is 2. The van der Waals surface area contributed by atoms with Gasteiger partial charge in [0.05, 0.1) is 0 Å². The summed E-state index contributed by atoms with van der Waals surface area (Å²) in [5.41, 5.74) is 1.98. The highest BCUT2D eigenvalue weighted by Gasteiger charge is 2.16. The summed E-state index contributed by atoms with van der Waals surface area (Å²) < 4.78 is 0. The molecule has 0 bridgehead atoms. The first-order chi connectivity index (χ1) is 8.33. The molecule has 1 unspecified atom stereocenters. The Balaban J connectivity index is 2.39. The highest BCUT2D eigenvalue weighted by molar-refractivity contribution is 5.41. The van der Waals surface area contributed by atoms with Gasteiger partial charge in [0.15, 0.2) is 0 Å². The van der Waals surface area contributed by atoms with E-state index in [9.17, 15) is 5.11 Å². The number of aliphatic hydroxyl groups excluding tert-OH is 1. The number of para-hydroxylation sites is 1. The van der Waals surface area contributed by atoms with Crippen molar-refractivity contribution in [1.82, 2.24) is 0 Å². The Kier molecular flexibility index (Phi) is 3.78. The van der Waals surface area contributed by atoms with Crippen LogP contribution >= 0.6 is 0 Å². The summed E-state index contributed by atoms with van der Waals surface area (Å²) in [6.45, 7) is 0.105. The van der Waals surface area contributed by atoms with E-state index < -0.39 is 0 Å². The Morgan fingerprint density at radius 1 is 0.882 bits per heavy atom. The highest BCUT2D eigenvalue weighted by atomic mass is 16.3. The molecule has 2 aromatic carbocycles. The van der Waals surface area contributed by atoms with E-state index in [1.165, 1.54) is 0 Å². The lowest BCUT2D eigenvalue weighted by Gasteiger charge is -2.17. The van der Waals surface area contributed by atoms with Gasteiger partial charge in [0.25, 0.3) is 0 Å². The molecule has 0 saturated heterocycles. The van der Waals surface area contributed by atoms with Crippen LogP contribution in [0.25, 0.3) is 0 Å². The van der Waals surface area contributed by atoms with Crippen LogP contribution in [0.1, 0.15) is 23.5 Å². The third kappa shape index (κ3) is 2.66. The zero-order valence-electron chi connectivity index (χ0n) is 9.58. The van der Waals surface area contributed by atoms with Gasteiger partial charge in [-0.1, -0.05) is 48.5 Å². The molecule has 2 aromatic rings. The molecule has 1 atom stereocenters. The van der Waals surface area contributed by atoms with Crippen LogP contribution in [-0.4, -0.2) is 16.8 Å². The second-order valence-corrected chi connectivity index (χ2v) is 4.03. The monoisotopic (exact) mass is 228 g/mol. The molecule has 0 aliphatic carbocycles. The lowest BCUT2D eigenvalue weighted by molar-refractivity contribution is 0.280. The fraction of sp³-hybridized carbons (Fsp3) is 0.200. The average molecular weight is 228 g/mol. The molecule has 2 nitrogen and oxygen atoms in total. The van der Waals surface area contributed by atoms with Crippen molar-refractivity contribution in [1.29, 1.82) is 0 Å². The van der Waals surface area contributed by atoms with Crippen molar-refractivity contribution in [3.8, 4) is 5.75 Å². The predicted octanol–water partition coefficient (Wildman–Crippen LogP) is 2.91. The van der Waals surface area contributed by atoms with Crippen LogP contribution in [-0.2, 0) is 0 Å². The molecule has 0 fully saturated rings. The van der Waals surface area contributed by atoms with E-state index in [4.69, 9.17) is 5.11 Å². The Bertz CT molecular complexity index is 465. The lowest BCUT2D eigenvalue weighted by atomic mass is 9.88. The first-order valence-corrected chi connectivity index (χ1v) is 5.76. The van der Waals surface area contributed by atoms with Crippen molar-refractivity contribution in [3.63, 3.8) is 0 Å². The lowest BCUT2D eigenvalue weighted by Crippen LogP contribution is -2.03. The van der Waals surface area contributed by atoms with E-state index in [0.29, 0.717) is 6.42 Å². The molecule has 0 aliphatic rings. The number of aliphatic hydroxyl groups is 1. The van der Waals surface area contributed by atoms with Crippen LogP contribution in [0.3, 0.4) is 0 Å². The zero-order valence-corrected chi connectivity index (χ0v) is 9.58. The molecule has 0 spiro atoms. The molecule has 2 heteroatoms. The summed E-state index contributed by atoms with van der Waals surface area (Å²) in [6, 6.07) is 17.2. The first-order valence-electron chi connectivity index (χ1n) is 5.76. The van der Waals surface area contributed by atoms with E-state index in [0.717, 1.165) is 11.1 Å². The van der Waals surface area contributed by atoms with Gasteiger partial charge in [-0.2, -0.15) is 0 Å². The van der Waals surface area contributed by atoms with Gasteiger partial charge in [0.1, 0.15) is 5.75 Å². The predicted molar refractivity (Wildman–Crippen MR) is 68.1 cm³/mol. The maximum absolute atomic E-state index is 9.89. The fourth-order valence-electron chi connectivity index (χ4n) is 2.10. The largest absolute Gasteiger partial charge is 0.508 e. The van der Waals surface area contributed by atoms with Crippen molar-refractivity contribution in [2.75, 3.05) is 6.61 Å². The molecule has 0 radical (unpaired) electrons. The second-order valence-electron chi connectivity index (χ2n) is 4.03. The second kappa shape index (κ2) is 5.51. The van der Waals surface area contributed by atoms with E-state index in [1.807, 2.05) is 42.5 Å². The van der Waals surface area contributed by atoms with E-state index >= 15 is 0 Å². The number of aromatic hydroxyl groups is 1. The van der Waals surface area contributed by atoms with Gasteiger partial charge in [0, 0.05) is 18.1 Å². The van der Waals surface area contributed by atoms with Gasteiger partial charge in [-0.3, -0.25) is 0 Å². The number of phenolic OH excluding ortho intramolecular Hbond substituents is 1. The highest BCUT2D eigenvalue weighted by Crippen LogP contribution is 2.33. The molecule has 17 heavy (non-hydrogen) atoms. The fourth-order valence-corrected chi connectivity index (χ4v) is 2.10. The molecule has 0 saturated carbocycles. The van der Waals surface area contributed by atoms with Gasteiger partial charge >= 0.3 is 0 Å². The summed E-state index contributed by atoms with van der Waals surface area (Å²) >= 11 is 0. The number of hydrogen-bond donors (Lipinski definition) is 2. The van der Waals surface area contributed by atoms with Gasteiger partial charge in [-0.25, -0.2) is 0 Å². The molecular formula is C15H16O2. The Labute approximate surface area is 101 Å². The van der Waals surface area contributed by atoms with Crippen LogP contribution in [0.15, 0.2) is 54.6 Å². The van der Waals surface area contributed by atoms with E-state index in [-0.39, 0.29) is 18.3 Å². The van der Waals surface area contributed by atoms with Gasteiger partial charge in [-0.15, -0.1) is 0 Å². The van der Waals surface area contributed by atoms with Crippen molar-refractivity contribution < 1.29 is 10.2 Å². The van der Waals surface area contributed by atoms with Crippen LogP contribution in [0.5, 0.6) is 5.75 Å². The quantitative estimate of drug-likeness (QED) is 0.844. The van der Waals surface area contributed by atoms with Gasteiger partial charge < -0.3 is 10.2 Å². The Morgan fingerprint density at radius 2 is 1.53 bits per heavy atom. The van der Waals surface area contributed by atoms with Crippen molar-refractivity contribution in [2.45, 2.75) is 12.3 Å². The molecule has 0 amide bonds. The maximum Gasteiger partial charge on any atom is 0.119 e. The minimum atomic E-state index is 0.0439. The minimum absolute atomic E-state index is 0.0439. The number of hydrogen-bond acceptors (Lipinski definition) is 2. The third-order valence-corrected chi connectivity index (χ3v) is 2.93. The molecular weight excluding hydrogens is 212 g/mol. The maximum atomic E-state index is 9.89. The zero-order chi connectivity index (χ0) is 12.1.